The second kappa shape index (κ2) is 34.7. The molecule has 13 heteroatoms. The highest BCUT2D eigenvalue weighted by Crippen LogP contribution is 2.43. The van der Waals surface area contributed by atoms with Gasteiger partial charge >= 0.3 is 19.8 Å². The normalized spacial score (nSPS) is 19.5. The number of carbonyl (C=O) groups excluding carboxylic acids is 3. The van der Waals surface area contributed by atoms with Crippen LogP contribution in [0.5, 0.6) is 0 Å². The van der Waals surface area contributed by atoms with Crippen LogP contribution in [0.2, 0.25) is 0 Å². The van der Waals surface area contributed by atoms with Gasteiger partial charge in [0.1, 0.15) is 25.5 Å². The lowest BCUT2D eigenvalue weighted by Gasteiger charge is -2.24. The first-order valence-corrected chi connectivity index (χ1v) is 24.6. The summed E-state index contributed by atoms with van der Waals surface area (Å²) in [5.74, 6) is -1.60. The van der Waals surface area contributed by atoms with E-state index in [0.717, 1.165) is 64.2 Å². The molecule has 61 heavy (non-hydrogen) atoms. The van der Waals surface area contributed by atoms with E-state index in [4.69, 9.17) is 18.5 Å². The predicted octanol–water partition coefficient (Wildman–Crippen LogP) is 9.83. The Bertz CT molecular complexity index is 1390. The van der Waals surface area contributed by atoms with E-state index in [1.54, 1.807) is 12.2 Å². The monoisotopic (exact) mass is 881 g/mol. The maximum absolute atomic E-state index is 12.7. The minimum Gasteiger partial charge on any atom is -0.462 e. The molecule has 12 nitrogen and oxygen atoms in total. The number of phosphoric acid groups is 1. The third kappa shape index (κ3) is 31.7. The molecule has 0 bridgehead atoms. The molecule has 0 aromatic heterocycles. The maximum atomic E-state index is 12.7. The number of Topliss-reactive ketones (excluding diaryl/α,β-unsaturated/α-hetero) is 1. The highest BCUT2D eigenvalue weighted by molar-refractivity contribution is 7.47. The van der Waals surface area contributed by atoms with Gasteiger partial charge < -0.3 is 29.1 Å². The van der Waals surface area contributed by atoms with Crippen molar-refractivity contribution in [1.82, 2.24) is 0 Å². The average Bonchev–Trinajstić information content (AvgIpc) is 3.47. The van der Waals surface area contributed by atoms with Crippen LogP contribution < -0.4 is 0 Å². The van der Waals surface area contributed by atoms with Gasteiger partial charge in [0.15, 0.2) is 6.10 Å². The van der Waals surface area contributed by atoms with Crippen molar-refractivity contribution >= 4 is 25.5 Å². The number of aliphatic hydroxyl groups is 2. The Morgan fingerprint density at radius 1 is 0.770 bits per heavy atom. The summed E-state index contributed by atoms with van der Waals surface area (Å²) in [6.45, 7) is 3.94. The van der Waals surface area contributed by atoms with Gasteiger partial charge in [0.25, 0.3) is 0 Å². The van der Waals surface area contributed by atoms with Crippen molar-refractivity contribution < 1.29 is 57.1 Å². The van der Waals surface area contributed by atoms with Crippen molar-refractivity contribution in [2.24, 2.45) is 11.8 Å². The van der Waals surface area contributed by atoms with Crippen LogP contribution in [0, 0.1) is 11.8 Å². The summed E-state index contributed by atoms with van der Waals surface area (Å²) >= 11 is 0. The Morgan fingerprint density at radius 2 is 1.36 bits per heavy atom. The SMILES string of the molecule is CCCCC/C=C\C/C=C\C/C=C\C/C=C\CCCC(=O)O[C@H](COC(=O)CCCCCC[C@H]1[C@@H](O)CC(=O)[C@@H]1/C=C/[C@@H](O)CCCCC)COP(=O)(O)OCC[N+](C)(C)C. The van der Waals surface area contributed by atoms with E-state index in [9.17, 15) is 34.1 Å². The van der Waals surface area contributed by atoms with Gasteiger partial charge in [0, 0.05) is 25.2 Å². The van der Waals surface area contributed by atoms with Gasteiger partial charge in [-0.15, -0.1) is 0 Å². The van der Waals surface area contributed by atoms with Gasteiger partial charge in [0.2, 0.25) is 0 Å². The lowest BCUT2D eigenvalue weighted by molar-refractivity contribution is -0.870. The minimum atomic E-state index is -4.45. The van der Waals surface area contributed by atoms with E-state index in [-0.39, 0.29) is 44.2 Å². The number of unbranched alkanes of at least 4 members (excludes halogenated alkanes) is 9. The number of quaternary nitrogens is 1. The smallest absolute Gasteiger partial charge is 0.462 e. The Hall–Kier alpha value is -2.70. The van der Waals surface area contributed by atoms with Gasteiger partial charge in [-0.1, -0.05) is 126 Å². The Morgan fingerprint density at radius 3 is 2.00 bits per heavy atom. The molecule has 0 radical (unpaired) electrons. The number of carbonyl (C=O) groups is 3. The fraction of sp³-hybridized carbons (Fsp3) is 0.729. The van der Waals surface area contributed by atoms with Crippen molar-refractivity contribution in [3.63, 3.8) is 0 Å². The summed E-state index contributed by atoms with van der Waals surface area (Å²) in [5.41, 5.74) is 0. The van der Waals surface area contributed by atoms with Crippen LogP contribution in [0.1, 0.15) is 149 Å². The number of hydrogen-bond donors (Lipinski definition) is 3. The second-order valence-corrected chi connectivity index (χ2v) is 18.7. The summed E-state index contributed by atoms with van der Waals surface area (Å²) in [4.78, 5) is 48.1. The summed E-state index contributed by atoms with van der Waals surface area (Å²) in [7, 11) is 1.30. The van der Waals surface area contributed by atoms with Gasteiger partial charge in [0.05, 0.1) is 40.0 Å². The highest BCUT2D eigenvalue weighted by atomic mass is 31.2. The van der Waals surface area contributed by atoms with Crippen LogP contribution in [-0.4, -0.2) is 103 Å². The topological polar surface area (TPSA) is 166 Å². The lowest BCUT2D eigenvalue weighted by Crippen LogP contribution is -2.37. The number of allylic oxidation sites excluding steroid dienone is 9. The van der Waals surface area contributed by atoms with Gasteiger partial charge in [-0.05, 0) is 70.1 Å². The van der Waals surface area contributed by atoms with Crippen LogP contribution in [0.4, 0.5) is 0 Å². The molecule has 1 rings (SSSR count). The largest absolute Gasteiger partial charge is 0.472 e. The summed E-state index contributed by atoms with van der Waals surface area (Å²) in [5, 5.41) is 20.8. The summed E-state index contributed by atoms with van der Waals surface area (Å²) in [6, 6.07) is 0. The zero-order chi connectivity index (χ0) is 45.2. The van der Waals surface area contributed by atoms with Gasteiger partial charge in [-0.25, -0.2) is 4.57 Å². The molecule has 1 aliphatic rings. The van der Waals surface area contributed by atoms with Crippen molar-refractivity contribution in [3.05, 3.63) is 60.8 Å². The molecule has 350 valence electrons. The molecular formula is C48H83NO11P+. The van der Waals surface area contributed by atoms with E-state index >= 15 is 0 Å². The van der Waals surface area contributed by atoms with E-state index in [0.29, 0.717) is 43.1 Å². The first-order chi connectivity index (χ1) is 29.2. The molecule has 0 spiro atoms. The molecule has 0 aromatic carbocycles. The Balaban J connectivity index is 2.50. The van der Waals surface area contributed by atoms with Gasteiger partial charge in [-0.3, -0.25) is 23.4 Å². The number of ketones is 1. The van der Waals surface area contributed by atoms with Gasteiger partial charge in [-0.2, -0.15) is 0 Å². The molecule has 0 amide bonds. The van der Waals surface area contributed by atoms with Crippen LogP contribution in [0.25, 0.3) is 0 Å². The molecule has 0 aliphatic heterocycles. The zero-order valence-electron chi connectivity index (χ0n) is 38.3. The molecule has 6 atom stereocenters. The maximum Gasteiger partial charge on any atom is 0.472 e. The number of ether oxygens (including phenoxy) is 2. The minimum absolute atomic E-state index is 0.00302. The molecular weight excluding hydrogens is 797 g/mol. The number of nitrogens with zero attached hydrogens (tertiary/aromatic N) is 1. The van der Waals surface area contributed by atoms with E-state index in [1.165, 1.54) is 19.3 Å². The predicted molar refractivity (Wildman–Crippen MR) is 243 cm³/mol. The number of hydrogen-bond acceptors (Lipinski definition) is 10. The number of phosphoric ester groups is 1. The first kappa shape index (κ1) is 56.3. The van der Waals surface area contributed by atoms with Crippen LogP contribution >= 0.6 is 7.82 Å². The lowest BCUT2D eigenvalue weighted by atomic mass is 9.88. The third-order valence-corrected chi connectivity index (χ3v) is 11.4. The highest BCUT2D eigenvalue weighted by Gasteiger charge is 2.39. The molecule has 3 N–H and O–H groups in total. The standard InChI is InChI=1S/C48H82NO11P/c1-6-8-10-11-12-13-14-15-16-17-18-19-20-21-22-23-29-33-48(54)60-42(40-59-61(55,56)58-37-36-49(3,4)5)39-57-47(53)32-28-25-24-27-31-43-44(46(52)38-45(43)51)35-34-41(50)30-26-9-7-2/h12-13,15-16,18-19,21-22,34-35,41-45,50-51H,6-11,14,17,20,23-33,36-40H2,1-5H3/p+1/b13-12-,16-15-,19-18-,22-21-,35-34+/t41-,42+,43+,44+,45-/m0/s1. The number of esters is 2. The molecule has 1 aliphatic carbocycles. The van der Waals surface area contributed by atoms with E-state index in [2.05, 4.69) is 56.4 Å². The number of likely N-dealkylation sites (N-methyl/N-ethyl adjacent to an activating group) is 1. The van der Waals surface area contributed by atoms with Crippen molar-refractivity contribution in [3.8, 4) is 0 Å². The molecule has 0 heterocycles. The van der Waals surface area contributed by atoms with Crippen LogP contribution in [0.15, 0.2) is 60.8 Å². The van der Waals surface area contributed by atoms with E-state index in [1.807, 2.05) is 27.2 Å². The molecule has 0 saturated heterocycles. The van der Waals surface area contributed by atoms with Crippen molar-refractivity contribution in [2.45, 2.75) is 167 Å². The zero-order valence-corrected chi connectivity index (χ0v) is 39.2. The van der Waals surface area contributed by atoms with Crippen molar-refractivity contribution in [2.75, 3.05) is 47.5 Å². The quantitative estimate of drug-likeness (QED) is 0.0179. The fourth-order valence-corrected chi connectivity index (χ4v) is 7.47. The third-order valence-electron chi connectivity index (χ3n) is 10.4. The molecule has 0 aromatic rings. The van der Waals surface area contributed by atoms with Crippen LogP contribution in [-0.2, 0) is 37.5 Å². The first-order valence-electron chi connectivity index (χ1n) is 23.1. The van der Waals surface area contributed by atoms with E-state index < -0.39 is 50.6 Å². The molecule has 1 unspecified atom stereocenters. The number of rotatable bonds is 37. The average molecular weight is 881 g/mol. The summed E-state index contributed by atoms with van der Waals surface area (Å²) in [6.07, 6.45) is 34.7. The number of aliphatic hydroxyl groups excluding tert-OH is 2. The second-order valence-electron chi connectivity index (χ2n) is 17.2. The fourth-order valence-electron chi connectivity index (χ4n) is 6.73. The summed E-state index contributed by atoms with van der Waals surface area (Å²) < 4.78 is 34.2. The van der Waals surface area contributed by atoms with Crippen molar-refractivity contribution in [1.29, 1.82) is 0 Å². The Kier molecular flexibility index (Phi) is 32.1. The van der Waals surface area contributed by atoms with Crippen LogP contribution in [0.3, 0.4) is 0 Å². The Labute approximate surface area is 368 Å². The molecule has 1 saturated carbocycles. The molecule has 1 fully saturated rings.